The molecule has 0 amide bonds. The van der Waals surface area contributed by atoms with E-state index in [9.17, 15) is 0 Å². The van der Waals surface area contributed by atoms with Gasteiger partial charge in [-0.25, -0.2) is 0 Å². The number of benzene rings is 2. The molecule has 1 saturated heterocycles. The quantitative estimate of drug-likeness (QED) is 0.724. The summed E-state index contributed by atoms with van der Waals surface area (Å²) >= 11 is 0. The van der Waals surface area contributed by atoms with E-state index in [1.807, 2.05) is 0 Å². The van der Waals surface area contributed by atoms with Gasteiger partial charge in [0.15, 0.2) is 5.82 Å². The van der Waals surface area contributed by atoms with Crippen LogP contribution in [-0.4, -0.2) is 41.4 Å². The fourth-order valence-electron chi connectivity index (χ4n) is 3.81. The van der Waals surface area contributed by atoms with Crippen molar-refractivity contribution >= 4 is 23.1 Å². The fraction of sp³-hybridized carbons (Fsp3) is 0.348. The van der Waals surface area contributed by atoms with Crippen LogP contribution in [0.3, 0.4) is 0 Å². The minimum absolute atomic E-state index is 0.681. The maximum absolute atomic E-state index is 4.71. The number of piperazine rings is 1. The molecule has 1 aliphatic heterocycles. The smallest absolute Gasteiger partial charge is 0.247 e. The van der Waals surface area contributed by atoms with Gasteiger partial charge in [0.05, 0.1) is 6.20 Å². The summed E-state index contributed by atoms with van der Waals surface area (Å²) in [6, 6.07) is 12.9. The number of nitrogens with zero attached hydrogens (tertiary/aromatic N) is 5. The zero-order chi connectivity index (χ0) is 20.4. The first-order chi connectivity index (χ1) is 14.0. The third-order valence-electron chi connectivity index (χ3n) is 5.67. The molecule has 0 spiro atoms. The number of anilines is 4. The molecule has 0 saturated carbocycles. The van der Waals surface area contributed by atoms with Gasteiger partial charge in [-0.3, -0.25) is 0 Å². The van der Waals surface area contributed by atoms with Crippen LogP contribution < -0.4 is 15.1 Å². The first-order valence-electron chi connectivity index (χ1n) is 10.1. The zero-order valence-corrected chi connectivity index (χ0v) is 17.6. The summed E-state index contributed by atoms with van der Waals surface area (Å²) in [4.78, 5) is 9.37. The lowest BCUT2D eigenvalue weighted by Crippen LogP contribution is -2.47. The van der Waals surface area contributed by atoms with E-state index in [0.717, 1.165) is 37.7 Å². The lowest BCUT2D eigenvalue weighted by Gasteiger charge is -2.36. The van der Waals surface area contributed by atoms with Gasteiger partial charge in [-0.2, -0.15) is 10.1 Å². The monoisotopic (exact) mass is 388 g/mol. The van der Waals surface area contributed by atoms with Crippen LogP contribution in [0.5, 0.6) is 0 Å². The van der Waals surface area contributed by atoms with Crippen LogP contribution in [0.2, 0.25) is 0 Å². The summed E-state index contributed by atoms with van der Waals surface area (Å²) in [6.07, 6.45) is 1.68. The predicted molar refractivity (Wildman–Crippen MR) is 119 cm³/mol. The first kappa shape index (κ1) is 19.2. The van der Waals surface area contributed by atoms with Crippen LogP contribution in [0.25, 0.3) is 0 Å². The fourth-order valence-corrected chi connectivity index (χ4v) is 3.81. The predicted octanol–water partition coefficient (Wildman–Crippen LogP) is 4.18. The second-order valence-corrected chi connectivity index (χ2v) is 7.78. The molecule has 1 fully saturated rings. The highest BCUT2D eigenvalue weighted by Crippen LogP contribution is 2.25. The second-order valence-electron chi connectivity index (χ2n) is 7.78. The molecule has 4 rings (SSSR count). The Labute approximate surface area is 172 Å². The van der Waals surface area contributed by atoms with E-state index in [1.54, 1.807) is 6.20 Å². The number of rotatable bonds is 4. The molecule has 6 nitrogen and oxygen atoms in total. The number of aromatic nitrogens is 3. The average Bonchev–Trinajstić information content (AvgIpc) is 2.73. The van der Waals surface area contributed by atoms with Gasteiger partial charge in [0.25, 0.3) is 0 Å². The van der Waals surface area contributed by atoms with E-state index >= 15 is 0 Å². The summed E-state index contributed by atoms with van der Waals surface area (Å²) in [5, 5.41) is 11.8. The topological polar surface area (TPSA) is 57.2 Å². The summed E-state index contributed by atoms with van der Waals surface area (Å²) in [5.74, 6) is 1.40. The Morgan fingerprint density at radius 1 is 0.862 bits per heavy atom. The molecule has 150 valence electrons. The molecular formula is C23H28N6. The van der Waals surface area contributed by atoms with Crippen LogP contribution in [0, 0.1) is 27.7 Å². The number of aryl methyl sites for hydroxylation is 3. The van der Waals surface area contributed by atoms with Gasteiger partial charge < -0.3 is 15.1 Å². The minimum Gasteiger partial charge on any atom is -0.368 e. The van der Waals surface area contributed by atoms with Crippen LogP contribution in [0.1, 0.15) is 22.3 Å². The molecule has 0 radical (unpaired) electrons. The van der Waals surface area contributed by atoms with E-state index < -0.39 is 0 Å². The molecule has 2 aromatic carbocycles. The summed E-state index contributed by atoms with van der Waals surface area (Å²) in [5.41, 5.74) is 7.50. The van der Waals surface area contributed by atoms with E-state index in [4.69, 9.17) is 4.98 Å². The Bertz CT molecular complexity index is 1010. The van der Waals surface area contributed by atoms with Crippen LogP contribution in [-0.2, 0) is 0 Å². The highest BCUT2D eigenvalue weighted by atomic mass is 15.4. The van der Waals surface area contributed by atoms with Crippen molar-refractivity contribution in [2.45, 2.75) is 27.7 Å². The van der Waals surface area contributed by atoms with E-state index in [1.165, 1.54) is 27.9 Å². The molecule has 0 aliphatic carbocycles. The van der Waals surface area contributed by atoms with Crippen LogP contribution in [0.15, 0.2) is 42.6 Å². The summed E-state index contributed by atoms with van der Waals surface area (Å²) < 4.78 is 0. The molecule has 3 aromatic rings. The van der Waals surface area contributed by atoms with Gasteiger partial charge in [0.1, 0.15) is 0 Å². The third kappa shape index (κ3) is 4.16. The molecular weight excluding hydrogens is 360 g/mol. The standard InChI is InChI=1S/C23H28N6/c1-16-8-9-20(18(3)14-16)25-22-15-24-27-23(26-22)29-12-10-28(11-13-29)21-7-5-6-17(2)19(21)4/h5-9,14-15H,10-13H2,1-4H3,(H,25,26,27). The molecule has 0 atom stereocenters. The summed E-state index contributed by atoms with van der Waals surface area (Å²) in [7, 11) is 0. The molecule has 0 bridgehead atoms. The van der Waals surface area contributed by atoms with Gasteiger partial charge in [0, 0.05) is 37.6 Å². The SMILES string of the molecule is Cc1ccc(Nc2cnnc(N3CCN(c4cccc(C)c4C)CC3)n2)c(C)c1. The van der Waals surface area contributed by atoms with E-state index in [-0.39, 0.29) is 0 Å². The Morgan fingerprint density at radius 3 is 2.38 bits per heavy atom. The van der Waals surface area contributed by atoms with Gasteiger partial charge in [-0.15, -0.1) is 5.10 Å². The molecule has 1 aliphatic rings. The first-order valence-corrected chi connectivity index (χ1v) is 10.1. The summed E-state index contributed by atoms with van der Waals surface area (Å²) in [6.45, 7) is 12.2. The maximum Gasteiger partial charge on any atom is 0.247 e. The van der Waals surface area contributed by atoms with Crippen LogP contribution >= 0.6 is 0 Å². The van der Waals surface area contributed by atoms with Gasteiger partial charge in [0.2, 0.25) is 5.95 Å². The number of nitrogens with one attached hydrogen (secondary N) is 1. The highest BCUT2D eigenvalue weighted by molar-refractivity contribution is 5.61. The Hall–Kier alpha value is -3.15. The number of hydrogen-bond acceptors (Lipinski definition) is 6. The lowest BCUT2D eigenvalue weighted by molar-refractivity contribution is 0.634. The largest absolute Gasteiger partial charge is 0.368 e. The second kappa shape index (κ2) is 8.07. The van der Waals surface area contributed by atoms with Crippen molar-refractivity contribution < 1.29 is 0 Å². The maximum atomic E-state index is 4.71. The van der Waals surface area contributed by atoms with E-state index in [2.05, 4.69) is 89.4 Å². The molecule has 2 heterocycles. The Balaban J connectivity index is 1.45. The van der Waals surface area contributed by atoms with Gasteiger partial charge >= 0.3 is 0 Å². The highest BCUT2D eigenvalue weighted by Gasteiger charge is 2.21. The van der Waals surface area contributed by atoms with Crippen molar-refractivity contribution in [1.82, 2.24) is 15.2 Å². The van der Waals surface area contributed by atoms with Gasteiger partial charge in [-0.1, -0.05) is 29.8 Å². The lowest BCUT2D eigenvalue weighted by atomic mass is 10.1. The third-order valence-corrected chi connectivity index (χ3v) is 5.67. The van der Waals surface area contributed by atoms with Gasteiger partial charge in [-0.05, 0) is 56.5 Å². The molecule has 6 heteroatoms. The van der Waals surface area contributed by atoms with Crippen LogP contribution in [0.4, 0.5) is 23.1 Å². The molecule has 29 heavy (non-hydrogen) atoms. The average molecular weight is 389 g/mol. The molecule has 1 aromatic heterocycles. The van der Waals surface area contributed by atoms with Crippen molar-refractivity contribution in [3.05, 3.63) is 64.8 Å². The minimum atomic E-state index is 0.681. The van der Waals surface area contributed by atoms with Crippen molar-refractivity contribution in [2.75, 3.05) is 41.3 Å². The molecule has 1 N–H and O–H groups in total. The van der Waals surface area contributed by atoms with Crippen molar-refractivity contribution in [1.29, 1.82) is 0 Å². The van der Waals surface area contributed by atoms with Crippen molar-refractivity contribution in [3.8, 4) is 0 Å². The van der Waals surface area contributed by atoms with Crippen molar-refractivity contribution in [2.24, 2.45) is 0 Å². The zero-order valence-electron chi connectivity index (χ0n) is 17.6. The normalized spacial score (nSPS) is 14.2. The number of hydrogen-bond donors (Lipinski definition) is 1. The van der Waals surface area contributed by atoms with Crippen molar-refractivity contribution in [3.63, 3.8) is 0 Å². The Kier molecular flexibility index (Phi) is 5.34. The Morgan fingerprint density at radius 2 is 1.62 bits per heavy atom. The molecule has 0 unspecified atom stereocenters. The van der Waals surface area contributed by atoms with E-state index in [0.29, 0.717) is 5.95 Å².